The summed E-state index contributed by atoms with van der Waals surface area (Å²) in [5.41, 5.74) is 6.94. The zero-order chi connectivity index (χ0) is 12.7. The first-order chi connectivity index (χ1) is 8.13. The van der Waals surface area contributed by atoms with Crippen molar-refractivity contribution in [1.29, 1.82) is 0 Å². The summed E-state index contributed by atoms with van der Waals surface area (Å²) in [5.74, 6) is 0.847. The van der Waals surface area contributed by atoms with Crippen LogP contribution >= 0.6 is 34.4 Å². The van der Waals surface area contributed by atoms with Crippen molar-refractivity contribution in [3.05, 3.63) is 33.4 Å². The Morgan fingerprint density at radius 2 is 2.12 bits per heavy atom. The Morgan fingerprint density at radius 1 is 1.47 bits per heavy atom. The quantitative estimate of drug-likeness (QED) is 0.596. The molecule has 1 aromatic carbocycles. The fourth-order valence-corrected chi connectivity index (χ4v) is 2.04. The van der Waals surface area contributed by atoms with E-state index in [2.05, 4.69) is 27.9 Å². The van der Waals surface area contributed by atoms with Crippen molar-refractivity contribution in [3.63, 3.8) is 0 Å². The maximum absolute atomic E-state index is 11.6. The summed E-state index contributed by atoms with van der Waals surface area (Å²) in [5, 5.41) is 2.83. The Morgan fingerprint density at radius 3 is 2.71 bits per heavy atom. The van der Waals surface area contributed by atoms with Crippen LogP contribution in [-0.2, 0) is 11.2 Å². The van der Waals surface area contributed by atoms with Crippen LogP contribution in [0.4, 0.5) is 0 Å². The molecule has 0 aliphatic heterocycles. The number of hydrogen-bond donors (Lipinski definition) is 2. The number of carbonyl (C=O) groups is 1. The van der Waals surface area contributed by atoms with Gasteiger partial charge in [0.15, 0.2) is 0 Å². The van der Waals surface area contributed by atoms with Crippen molar-refractivity contribution in [3.8, 4) is 0 Å². The summed E-state index contributed by atoms with van der Waals surface area (Å²) in [6.45, 7) is 0.681. The van der Waals surface area contributed by atoms with Crippen LogP contribution in [0.15, 0.2) is 24.3 Å². The first-order valence-corrected chi connectivity index (χ1v) is 7.87. The van der Waals surface area contributed by atoms with Gasteiger partial charge in [-0.1, -0.05) is 12.1 Å². The molecule has 3 N–H and O–H groups in total. The predicted octanol–water partition coefficient (Wildman–Crippen LogP) is 1.64. The number of nitrogens with two attached hydrogens (primary N) is 1. The van der Waals surface area contributed by atoms with Crippen molar-refractivity contribution in [2.24, 2.45) is 5.73 Å². The molecule has 3 nitrogen and oxygen atoms in total. The van der Waals surface area contributed by atoms with Crippen molar-refractivity contribution in [2.45, 2.75) is 12.5 Å². The molecule has 0 aromatic heterocycles. The molecule has 5 heteroatoms. The lowest BCUT2D eigenvalue weighted by Crippen LogP contribution is -2.42. The van der Waals surface area contributed by atoms with E-state index in [0.717, 1.165) is 11.3 Å². The Bertz CT molecular complexity index is 356. The number of thioether (sulfide) groups is 1. The highest BCUT2D eigenvalue weighted by atomic mass is 127. The van der Waals surface area contributed by atoms with Crippen LogP contribution in [0.5, 0.6) is 0 Å². The first kappa shape index (κ1) is 14.8. The lowest BCUT2D eigenvalue weighted by molar-refractivity contribution is -0.122. The van der Waals surface area contributed by atoms with E-state index in [1.165, 1.54) is 3.57 Å². The maximum atomic E-state index is 11.6. The summed E-state index contributed by atoms with van der Waals surface area (Å²) in [6.07, 6.45) is 2.60. The summed E-state index contributed by atoms with van der Waals surface area (Å²) in [4.78, 5) is 11.6. The van der Waals surface area contributed by atoms with Gasteiger partial charge in [0.2, 0.25) is 5.91 Å². The van der Waals surface area contributed by atoms with Gasteiger partial charge in [-0.2, -0.15) is 11.8 Å². The van der Waals surface area contributed by atoms with Gasteiger partial charge in [-0.05, 0) is 53.0 Å². The van der Waals surface area contributed by atoms with Gasteiger partial charge in [0.05, 0.1) is 6.04 Å². The molecule has 0 spiro atoms. The fourth-order valence-electron chi connectivity index (χ4n) is 1.37. The molecule has 0 aliphatic rings. The number of carbonyl (C=O) groups excluding carboxylic acids is 1. The molecular weight excluding hydrogens is 347 g/mol. The van der Waals surface area contributed by atoms with Gasteiger partial charge in [-0.15, -0.1) is 0 Å². The number of nitrogens with one attached hydrogen (secondary N) is 1. The molecular formula is C12H17IN2OS. The predicted molar refractivity (Wildman–Crippen MR) is 82.2 cm³/mol. The van der Waals surface area contributed by atoms with Gasteiger partial charge in [-0.25, -0.2) is 0 Å². The molecule has 94 valence electrons. The first-order valence-electron chi connectivity index (χ1n) is 5.40. The number of hydrogen-bond acceptors (Lipinski definition) is 3. The van der Waals surface area contributed by atoms with Gasteiger partial charge in [0.25, 0.3) is 0 Å². The maximum Gasteiger partial charge on any atom is 0.237 e. The minimum atomic E-state index is -0.461. The third-order valence-corrected chi connectivity index (χ3v) is 3.64. The Balaban J connectivity index is 2.40. The van der Waals surface area contributed by atoms with E-state index < -0.39 is 6.04 Å². The molecule has 0 saturated heterocycles. The van der Waals surface area contributed by atoms with Crippen LogP contribution in [0.2, 0.25) is 0 Å². The molecule has 0 bridgehead atoms. The average Bonchev–Trinajstić information content (AvgIpc) is 2.32. The molecule has 1 amide bonds. The van der Waals surface area contributed by atoms with Crippen LogP contribution in [-0.4, -0.2) is 30.5 Å². The number of amides is 1. The molecule has 1 aromatic rings. The zero-order valence-corrected chi connectivity index (χ0v) is 12.8. The monoisotopic (exact) mass is 364 g/mol. The van der Waals surface area contributed by atoms with Crippen molar-refractivity contribution in [2.75, 3.05) is 18.6 Å². The van der Waals surface area contributed by atoms with Crippen LogP contribution < -0.4 is 11.1 Å². The SMILES string of the molecule is CSCCNC(=O)C(N)Cc1ccc(I)cc1. The topological polar surface area (TPSA) is 55.1 Å². The smallest absolute Gasteiger partial charge is 0.237 e. The van der Waals surface area contributed by atoms with Gasteiger partial charge >= 0.3 is 0 Å². The standard InChI is InChI=1S/C12H17IN2OS/c1-17-7-6-15-12(16)11(14)8-9-2-4-10(13)5-3-9/h2-5,11H,6-8,14H2,1H3,(H,15,16). The highest BCUT2D eigenvalue weighted by Gasteiger charge is 2.13. The van der Waals surface area contributed by atoms with Crippen LogP contribution in [0, 0.1) is 3.57 Å². The Kier molecular flexibility index (Phi) is 6.91. The normalized spacial score (nSPS) is 12.2. The molecule has 0 heterocycles. The highest BCUT2D eigenvalue weighted by Crippen LogP contribution is 2.08. The van der Waals surface area contributed by atoms with Crippen LogP contribution in [0.1, 0.15) is 5.56 Å². The number of halogens is 1. The van der Waals surface area contributed by atoms with Crippen molar-refractivity contribution in [1.82, 2.24) is 5.32 Å². The summed E-state index contributed by atoms with van der Waals surface area (Å²) in [6, 6.07) is 7.60. The van der Waals surface area contributed by atoms with Gasteiger partial charge in [0.1, 0.15) is 0 Å². The molecule has 0 aliphatic carbocycles. The van der Waals surface area contributed by atoms with E-state index in [-0.39, 0.29) is 5.91 Å². The van der Waals surface area contributed by atoms with E-state index >= 15 is 0 Å². The molecule has 0 fully saturated rings. The van der Waals surface area contributed by atoms with E-state index in [1.807, 2.05) is 30.5 Å². The molecule has 1 atom stereocenters. The van der Waals surface area contributed by atoms with E-state index in [4.69, 9.17) is 5.73 Å². The second-order valence-electron chi connectivity index (χ2n) is 3.72. The van der Waals surface area contributed by atoms with Crippen LogP contribution in [0.25, 0.3) is 0 Å². The van der Waals surface area contributed by atoms with Gasteiger partial charge in [0, 0.05) is 15.9 Å². The van der Waals surface area contributed by atoms with Gasteiger partial charge in [-0.3, -0.25) is 4.79 Å². The molecule has 0 saturated carbocycles. The van der Waals surface area contributed by atoms with E-state index in [1.54, 1.807) is 11.8 Å². The van der Waals surface area contributed by atoms with Crippen LogP contribution in [0.3, 0.4) is 0 Å². The molecule has 17 heavy (non-hydrogen) atoms. The molecule has 1 unspecified atom stereocenters. The lowest BCUT2D eigenvalue weighted by Gasteiger charge is -2.12. The Hall–Kier alpha value is -0.270. The summed E-state index contributed by atoms with van der Waals surface area (Å²) in [7, 11) is 0. The fraction of sp³-hybridized carbons (Fsp3) is 0.417. The summed E-state index contributed by atoms with van der Waals surface area (Å²) < 4.78 is 1.18. The Labute approximate surface area is 120 Å². The van der Waals surface area contributed by atoms with E-state index in [0.29, 0.717) is 13.0 Å². The minimum Gasteiger partial charge on any atom is -0.354 e. The third-order valence-electron chi connectivity index (χ3n) is 2.31. The lowest BCUT2D eigenvalue weighted by atomic mass is 10.1. The minimum absolute atomic E-state index is 0.0717. The molecule has 1 rings (SSSR count). The highest BCUT2D eigenvalue weighted by molar-refractivity contribution is 14.1. The third kappa shape index (κ3) is 5.74. The van der Waals surface area contributed by atoms with Crippen molar-refractivity contribution >= 4 is 40.3 Å². The zero-order valence-electron chi connectivity index (χ0n) is 9.78. The average molecular weight is 364 g/mol. The number of benzene rings is 1. The second-order valence-corrected chi connectivity index (χ2v) is 5.95. The van der Waals surface area contributed by atoms with E-state index in [9.17, 15) is 4.79 Å². The largest absolute Gasteiger partial charge is 0.354 e. The number of rotatable bonds is 6. The van der Waals surface area contributed by atoms with Gasteiger partial charge < -0.3 is 11.1 Å². The second kappa shape index (κ2) is 7.94. The van der Waals surface area contributed by atoms with Crippen molar-refractivity contribution < 1.29 is 4.79 Å². The summed E-state index contributed by atoms with van der Waals surface area (Å²) >= 11 is 3.96. The molecule has 0 radical (unpaired) electrons.